The molecule has 1 aromatic carbocycles. The maximum atomic E-state index is 13.2. The van der Waals surface area contributed by atoms with E-state index < -0.39 is 39.3 Å². The summed E-state index contributed by atoms with van der Waals surface area (Å²) in [5.74, 6) is -3.29. The van der Waals surface area contributed by atoms with Crippen LogP contribution < -0.4 is 5.32 Å². The molecule has 0 atom stereocenters. The van der Waals surface area contributed by atoms with Crippen LogP contribution in [0.4, 0.5) is 14.5 Å². The molecule has 0 saturated heterocycles. The molecular formula is C12H13ClF2N2O3. The van der Waals surface area contributed by atoms with Gasteiger partial charge in [-0.25, -0.2) is 8.78 Å². The van der Waals surface area contributed by atoms with Gasteiger partial charge >= 0.3 is 0 Å². The van der Waals surface area contributed by atoms with E-state index in [9.17, 15) is 23.7 Å². The number of carbonyl (C=O) groups excluding carboxylic acids is 1. The van der Waals surface area contributed by atoms with Gasteiger partial charge in [0, 0.05) is 11.4 Å². The maximum Gasteiger partial charge on any atom is 0.285 e. The summed E-state index contributed by atoms with van der Waals surface area (Å²) in [6.45, 7) is 3.33. The smallest absolute Gasteiger partial charge is 0.285 e. The van der Waals surface area contributed by atoms with Crippen molar-refractivity contribution in [3.63, 3.8) is 0 Å². The van der Waals surface area contributed by atoms with E-state index in [4.69, 9.17) is 11.6 Å². The molecule has 5 nitrogen and oxygen atoms in total. The molecule has 1 amide bonds. The molecule has 0 spiro atoms. The fraction of sp³-hybridized carbons (Fsp3) is 0.417. The van der Waals surface area contributed by atoms with Crippen molar-refractivity contribution in [2.45, 2.75) is 25.8 Å². The number of nitrogens with one attached hydrogen (secondary N) is 1. The van der Waals surface area contributed by atoms with Crippen molar-refractivity contribution >= 4 is 23.2 Å². The molecule has 0 aliphatic rings. The van der Waals surface area contributed by atoms with Crippen LogP contribution in [0.5, 0.6) is 0 Å². The minimum absolute atomic E-state index is 0.271. The number of alkyl halides is 1. The van der Waals surface area contributed by atoms with Crippen LogP contribution in [0.3, 0.4) is 0 Å². The first-order chi connectivity index (χ1) is 9.18. The van der Waals surface area contributed by atoms with Gasteiger partial charge in [-0.3, -0.25) is 14.9 Å². The summed E-state index contributed by atoms with van der Waals surface area (Å²) >= 11 is 5.57. The summed E-state index contributed by atoms with van der Waals surface area (Å²) in [5.41, 5.74) is -2.04. The molecule has 0 aliphatic heterocycles. The normalized spacial score (nSPS) is 11.2. The molecule has 1 rings (SSSR count). The first-order valence-electron chi connectivity index (χ1n) is 5.70. The van der Waals surface area contributed by atoms with Gasteiger partial charge in [0.2, 0.25) is 0 Å². The zero-order valence-electron chi connectivity index (χ0n) is 10.9. The first-order valence-corrected chi connectivity index (χ1v) is 6.23. The van der Waals surface area contributed by atoms with Gasteiger partial charge in [0.15, 0.2) is 11.6 Å². The monoisotopic (exact) mass is 306 g/mol. The summed E-state index contributed by atoms with van der Waals surface area (Å²) in [6, 6.07) is 0.901. The van der Waals surface area contributed by atoms with E-state index in [1.54, 1.807) is 13.8 Å². The number of halogens is 3. The average Bonchev–Trinajstić information content (AvgIpc) is 2.30. The first kappa shape index (κ1) is 16.3. The molecule has 20 heavy (non-hydrogen) atoms. The highest BCUT2D eigenvalue weighted by atomic mass is 35.5. The van der Waals surface area contributed by atoms with Crippen LogP contribution in [0, 0.1) is 21.7 Å². The molecule has 1 N–H and O–H groups in total. The topological polar surface area (TPSA) is 72.2 Å². The van der Waals surface area contributed by atoms with E-state index in [2.05, 4.69) is 5.32 Å². The second-order valence-electron chi connectivity index (χ2n) is 4.82. The highest BCUT2D eigenvalue weighted by Gasteiger charge is 2.27. The Labute approximate surface area is 119 Å². The molecule has 1 aromatic rings. The fourth-order valence-corrected chi connectivity index (χ4v) is 2.02. The Morgan fingerprint density at radius 2 is 1.95 bits per heavy atom. The third-order valence-corrected chi connectivity index (χ3v) is 2.84. The van der Waals surface area contributed by atoms with Gasteiger partial charge in [0.1, 0.15) is 5.56 Å². The van der Waals surface area contributed by atoms with Crippen molar-refractivity contribution in [2.24, 2.45) is 0 Å². The predicted molar refractivity (Wildman–Crippen MR) is 69.9 cm³/mol. The number of amides is 1. The van der Waals surface area contributed by atoms with Crippen LogP contribution in [-0.2, 0) is 0 Å². The van der Waals surface area contributed by atoms with E-state index in [-0.39, 0.29) is 5.88 Å². The van der Waals surface area contributed by atoms with E-state index in [0.717, 1.165) is 0 Å². The van der Waals surface area contributed by atoms with Gasteiger partial charge in [0.25, 0.3) is 11.6 Å². The Morgan fingerprint density at radius 3 is 2.45 bits per heavy atom. The minimum atomic E-state index is -1.38. The Bertz CT molecular complexity index is 550. The Balaban J connectivity index is 3.15. The van der Waals surface area contributed by atoms with Crippen LogP contribution in [0.25, 0.3) is 0 Å². The summed E-state index contributed by atoms with van der Waals surface area (Å²) in [5, 5.41) is 13.3. The predicted octanol–water partition coefficient (Wildman–Crippen LogP) is 3.01. The Kier molecular flexibility index (Phi) is 4.99. The molecule has 0 fully saturated rings. The van der Waals surface area contributed by atoms with Gasteiger partial charge < -0.3 is 5.32 Å². The fourth-order valence-electron chi connectivity index (χ4n) is 1.54. The lowest BCUT2D eigenvalue weighted by Crippen LogP contribution is -2.43. The second kappa shape index (κ2) is 6.13. The molecule has 0 heterocycles. The molecule has 0 radical (unpaired) electrons. The van der Waals surface area contributed by atoms with E-state index in [1.807, 2.05) is 0 Å². The van der Waals surface area contributed by atoms with Crippen LogP contribution >= 0.6 is 11.6 Å². The summed E-state index contributed by atoms with van der Waals surface area (Å²) < 4.78 is 26.2. The minimum Gasteiger partial charge on any atom is -0.347 e. The van der Waals surface area contributed by atoms with E-state index in [1.165, 1.54) is 0 Å². The van der Waals surface area contributed by atoms with Crippen molar-refractivity contribution in [3.8, 4) is 0 Å². The number of carbonyl (C=O) groups is 1. The lowest BCUT2D eigenvalue weighted by Gasteiger charge is -2.25. The largest absolute Gasteiger partial charge is 0.347 e. The van der Waals surface area contributed by atoms with Crippen molar-refractivity contribution in [3.05, 3.63) is 39.4 Å². The van der Waals surface area contributed by atoms with Crippen LogP contribution in [0.15, 0.2) is 12.1 Å². The number of rotatable bonds is 5. The van der Waals surface area contributed by atoms with Crippen molar-refractivity contribution < 1.29 is 18.5 Å². The third-order valence-electron chi connectivity index (χ3n) is 2.65. The van der Waals surface area contributed by atoms with Gasteiger partial charge in [-0.15, -0.1) is 11.6 Å². The van der Waals surface area contributed by atoms with Gasteiger partial charge in [-0.2, -0.15) is 0 Å². The van der Waals surface area contributed by atoms with Crippen molar-refractivity contribution in [1.29, 1.82) is 0 Å². The van der Waals surface area contributed by atoms with E-state index >= 15 is 0 Å². The summed E-state index contributed by atoms with van der Waals surface area (Å²) in [4.78, 5) is 21.8. The zero-order valence-corrected chi connectivity index (χ0v) is 11.6. The quantitative estimate of drug-likeness (QED) is 0.516. The standard InChI is InChI=1S/C12H13ClF2N2O3/c1-12(2,3-4-13)16-11(18)7-5-8(14)9(15)6-10(7)17(19)20/h5-6H,3-4H2,1-2H3,(H,16,18). The van der Waals surface area contributed by atoms with Gasteiger partial charge in [0.05, 0.1) is 11.0 Å². The Morgan fingerprint density at radius 1 is 1.40 bits per heavy atom. The molecular weight excluding hydrogens is 294 g/mol. The number of nitrogens with zero attached hydrogens (tertiary/aromatic N) is 1. The molecule has 0 aliphatic carbocycles. The number of nitro benzene ring substituents is 1. The lowest BCUT2D eigenvalue weighted by molar-refractivity contribution is -0.385. The van der Waals surface area contributed by atoms with Crippen LogP contribution in [0.1, 0.15) is 30.6 Å². The third kappa shape index (κ3) is 3.86. The number of nitro groups is 1. The lowest BCUT2D eigenvalue weighted by atomic mass is 10.0. The molecule has 0 bridgehead atoms. The van der Waals surface area contributed by atoms with Crippen LogP contribution in [0.2, 0.25) is 0 Å². The second-order valence-corrected chi connectivity index (χ2v) is 5.20. The Hall–Kier alpha value is -1.76. The van der Waals surface area contributed by atoms with Gasteiger partial charge in [-0.1, -0.05) is 0 Å². The average molecular weight is 307 g/mol. The number of hydrogen-bond donors (Lipinski definition) is 1. The summed E-state index contributed by atoms with van der Waals surface area (Å²) in [7, 11) is 0. The van der Waals surface area contributed by atoms with E-state index in [0.29, 0.717) is 18.6 Å². The maximum absolute atomic E-state index is 13.2. The molecule has 110 valence electrons. The molecule has 0 saturated carbocycles. The highest BCUT2D eigenvalue weighted by molar-refractivity contribution is 6.17. The zero-order chi connectivity index (χ0) is 15.5. The molecule has 0 aromatic heterocycles. The molecule has 8 heteroatoms. The highest BCUT2D eigenvalue weighted by Crippen LogP contribution is 2.23. The van der Waals surface area contributed by atoms with Crippen LogP contribution in [-0.4, -0.2) is 22.2 Å². The van der Waals surface area contributed by atoms with Crippen molar-refractivity contribution in [2.75, 3.05) is 5.88 Å². The van der Waals surface area contributed by atoms with Crippen molar-refractivity contribution in [1.82, 2.24) is 5.32 Å². The molecule has 0 unspecified atom stereocenters. The number of hydrogen-bond acceptors (Lipinski definition) is 3. The van der Waals surface area contributed by atoms with Gasteiger partial charge in [-0.05, 0) is 26.3 Å². The SMILES string of the molecule is CC(C)(CCCl)NC(=O)c1cc(F)c(F)cc1[N+](=O)[O-]. The summed E-state index contributed by atoms with van der Waals surface area (Å²) in [6.07, 6.45) is 0.414. The number of benzene rings is 1.